The second-order valence-electron chi connectivity index (χ2n) is 12.9. The number of ketones is 1. The molecule has 0 amide bonds. The van der Waals surface area contributed by atoms with Crippen molar-refractivity contribution in [2.24, 2.45) is 46.3 Å². The zero-order valence-electron chi connectivity index (χ0n) is 20.4. The predicted octanol–water partition coefficient (Wildman–Crippen LogP) is 4.73. The lowest BCUT2D eigenvalue weighted by Crippen LogP contribution is -2.69. The maximum absolute atomic E-state index is 13.3. The Kier molecular flexibility index (Phi) is 6.19. The van der Waals surface area contributed by atoms with Crippen molar-refractivity contribution in [1.29, 1.82) is 0 Å². The third-order valence-electron chi connectivity index (χ3n) is 10.9. The molecular weight excluding hydrogens is 388 g/mol. The van der Waals surface area contributed by atoms with Gasteiger partial charge in [-0.05, 0) is 73.0 Å². The predicted molar refractivity (Wildman–Crippen MR) is 122 cm³/mol. The fourth-order valence-electron chi connectivity index (χ4n) is 9.07. The highest BCUT2D eigenvalue weighted by atomic mass is 16.3. The minimum Gasteiger partial charge on any atom is -0.390 e. The Balaban J connectivity index is 1.56. The Labute approximate surface area is 189 Å². The molecular formula is C27H46O4. The molecule has 10 atom stereocenters. The van der Waals surface area contributed by atoms with Gasteiger partial charge in [0.25, 0.3) is 0 Å². The largest absolute Gasteiger partial charge is 0.390 e. The molecule has 0 aliphatic heterocycles. The highest BCUT2D eigenvalue weighted by Gasteiger charge is 2.68. The first kappa shape index (κ1) is 23.7. The van der Waals surface area contributed by atoms with E-state index >= 15 is 0 Å². The number of fused-ring (bicyclic) bond motifs is 5. The third kappa shape index (κ3) is 3.54. The SMILES string of the molecule is CC(C)CCC[C@@H](C)[C@H]1CC[C@H]2[C@@H]3CC(=O)[C@@]4(O)C[C@H](O)[C@H](O)C[C@]4(C)[C@H]3CC[C@]12C. The summed E-state index contributed by atoms with van der Waals surface area (Å²) in [6.45, 7) is 11.6. The van der Waals surface area contributed by atoms with E-state index in [1.807, 2.05) is 6.92 Å². The van der Waals surface area contributed by atoms with Crippen molar-refractivity contribution in [3.8, 4) is 0 Å². The van der Waals surface area contributed by atoms with Gasteiger partial charge in [0.2, 0.25) is 0 Å². The topological polar surface area (TPSA) is 77.8 Å². The number of hydrogen-bond acceptors (Lipinski definition) is 4. The minimum atomic E-state index is -1.48. The van der Waals surface area contributed by atoms with E-state index in [0.717, 1.165) is 30.6 Å². The highest BCUT2D eigenvalue weighted by Crippen LogP contribution is 2.68. The molecule has 0 unspecified atom stereocenters. The second-order valence-corrected chi connectivity index (χ2v) is 12.9. The van der Waals surface area contributed by atoms with E-state index in [9.17, 15) is 20.1 Å². The normalized spacial score (nSPS) is 50.7. The van der Waals surface area contributed by atoms with Crippen LogP contribution in [0.25, 0.3) is 0 Å². The first-order valence-electron chi connectivity index (χ1n) is 13.1. The quantitative estimate of drug-likeness (QED) is 0.584. The Bertz CT molecular complexity index is 691. The van der Waals surface area contributed by atoms with E-state index < -0.39 is 23.2 Å². The van der Waals surface area contributed by atoms with Gasteiger partial charge in [0, 0.05) is 18.3 Å². The van der Waals surface area contributed by atoms with Gasteiger partial charge in [-0.2, -0.15) is 0 Å². The van der Waals surface area contributed by atoms with Crippen LogP contribution in [0.2, 0.25) is 0 Å². The summed E-state index contributed by atoms with van der Waals surface area (Å²) >= 11 is 0. The Morgan fingerprint density at radius 3 is 2.32 bits per heavy atom. The molecule has 0 spiro atoms. The van der Waals surface area contributed by atoms with E-state index in [2.05, 4.69) is 27.7 Å². The number of hydrogen-bond donors (Lipinski definition) is 3. The summed E-state index contributed by atoms with van der Waals surface area (Å²) in [5, 5.41) is 32.2. The van der Waals surface area contributed by atoms with Crippen LogP contribution in [-0.2, 0) is 4.79 Å². The van der Waals surface area contributed by atoms with Crippen LogP contribution in [0.1, 0.15) is 98.8 Å². The monoisotopic (exact) mass is 434 g/mol. The molecule has 0 heterocycles. The van der Waals surface area contributed by atoms with Gasteiger partial charge in [-0.1, -0.05) is 53.9 Å². The van der Waals surface area contributed by atoms with Crippen LogP contribution in [-0.4, -0.2) is 38.9 Å². The number of rotatable bonds is 5. The van der Waals surface area contributed by atoms with Crippen LogP contribution in [0, 0.1) is 46.3 Å². The summed E-state index contributed by atoms with van der Waals surface area (Å²) in [6, 6.07) is 0. The molecule has 4 rings (SSSR count). The van der Waals surface area contributed by atoms with Gasteiger partial charge in [0.1, 0.15) is 5.60 Å². The fourth-order valence-corrected chi connectivity index (χ4v) is 9.07. The number of Topliss-reactive ketones (excluding diaryl/α,β-unsaturated/α-hetero) is 1. The van der Waals surface area contributed by atoms with E-state index in [-0.39, 0.29) is 23.5 Å². The molecule has 4 heteroatoms. The zero-order chi connectivity index (χ0) is 22.8. The van der Waals surface area contributed by atoms with Crippen molar-refractivity contribution in [2.45, 2.75) is 117 Å². The van der Waals surface area contributed by atoms with Crippen molar-refractivity contribution in [2.75, 3.05) is 0 Å². The first-order chi connectivity index (χ1) is 14.4. The first-order valence-corrected chi connectivity index (χ1v) is 13.1. The lowest BCUT2D eigenvalue weighted by molar-refractivity contribution is -0.230. The molecule has 4 saturated carbocycles. The van der Waals surface area contributed by atoms with Crippen molar-refractivity contribution in [1.82, 2.24) is 0 Å². The molecule has 0 aromatic rings. The van der Waals surface area contributed by atoms with Crippen molar-refractivity contribution < 1.29 is 20.1 Å². The Hall–Kier alpha value is -0.450. The average molecular weight is 435 g/mol. The van der Waals surface area contributed by atoms with Gasteiger partial charge < -0.3 is 15.3 Å². The van der Waals surface area contributed by atoms with Crippen molar-refractivity contribution in [3.05, 3.63) is 0 Å². The lowest BCUT2D eigenvalue weighted by atomic mass is 9.42. The molecule has 0 aromatic heterocycles. The lowest BCUT2D eigenvalue weighted by Gasteiger charge is -2.63. The summed E-state index contributed by atoms with van der Waals surface area (Å²) in [7, 11) is 0. The van der Waals surface area contributed by atoms with Crippen LogP contribution in [0.5, 0.6) is 0 Å². The van der Waals surface area contributed by atoms with Crippen LogP contribution >= 0.6 is 0 Å². The van der Waals surface area contributed by atoms with Gasteiger partial charge in [0.05, 0.1) is 12.2 Å². The van der Waals surface area contributed by atoms with Crippen molar-refractivity contribution in [3.63, 3.8) is 0 Å². The standard InChI is InChI=1S/C27H46O4/c1-16(2)7-6-8-17(3)19-9-10-20-18-13-24(30)27(31)15-23(29)22(28)14-26(27,5)21(18)11-12-25(19,20)4/h16-23,28-29,31H,6-15H2,1-5H3/t17-,18+,19-,20+,21+,22-,23+,25-,26-,27+/m1/s1. The molecule has 4 fully saturated rings. The molecule has 31 heavy (non-hydrogen) atoms. The van der Waals surface area contributed by atoms with E-state index in [1.165, 1.54) is 32.1 Å². The number of carbonyl (C=O) groups excluding carboxylic acids is 1. The fraction of sp³-hybridized carbons (Fsp3) is 0.963. The van der Waals surface area contributed by atoms with Crippen LogP contribution < -0.4 is 0 Å². The van der Waals surface area contributed by atoms with Gasteiger partial charge in [-0.3, -0.25) is 4.79 Å². The zero-order valence-corrected chi connectivity index (χ0v) is 20.4. The molecule has 178 valence electrons. The number of carbonyl (C=O) groups is 1. The van der Waals surface area contributed by atoms with Crippen molar-refractivity contribution >= 4 is 5.78 Å². The molecule has 0 bridgehead atoms. The smallest absolute Gasteiger partial charge is 0.165 e. The molecule has 3 N–H and O–H groups in total. The average Bonchev–Trinajstić information content (AvgIpc) is 3.03. The number of aliphatic hydroxyl groups excluding tert-OH is 2. The van der Waals surface area contributed by atoms with E-state index in [4.69, 9.17) is 0 Å². The summed E-state index contributed by atoms with van der Waals surface area (Å²) < 4.78 is 0. The van der Waals surface area contributed by atoms with Gasteiger partial charge >= 0.3 is 0 Å². The Morgan fingerprint density at radius 1 is 0.968 bits per heavy atom. The van der Waals surface area contributed by atoms with Crippen LogP contribution in [0.15, 0.2) is 0 Å². The van der Waals surface area contributed by atoms with E-state index in [1.54, 1.807) is 0 Å². The molecule has 0 radical (unpaired) electrons. The van der Waals surface area contributed by atoms with E-state index in [0.29, 0.717) is 24.7 Å². The minimum absolute atomic E-state index is 0.00976. The molecule has 4 aliphatic rings. The maximum atomic E-state index is 13.3. The Morgan fingerprint density at radius 2 is 1.65 bits per heavy atom. The van der Waals surface area contributed by atoms with Gasteiger partial charge in [-0.15, -0.1) is 0 Å². The second kappa shape index (κ2) is 8.09. The molecule has 0 aromatic carbocycles. The summed E-state index contributed by atoms with van der Waals surface area (Å²) in [6.07, 6.45) is 7.51. The summed E-state index contributed by atoms with van der Waals surface area (Å²) in [5.74, 6) is 3.25. The van der Waals surface area contributed by atoms with Crippen LogP contribution in [0.3, 0.4) is 0 Å². The molecule has 4 nitrogen and oxygen atoms in total. The maximum Gasteiger partial charge on any atom is 0.165 e. The van der Waals surface area contributed by atoms with Gasteiger partial charge in [-0.25, -0.2) is 0 Å². The number of aliphatic hydroxyl groups is 3. The summed E-state index contributed by atoms with van der Waals surface area (Å²) in [5.41, 5.74) is -1.83. The third-order valence-corrected chi connectivity index (χ3v) is 10.9. The van der Waals surface area contributed by atoms with Gasteiger partial charge in [0.15, 0.2) is 5.78 Å². The van der Waals surface area contributed by atoms with Crippen LogP contribution in [0.4, 0.5) is 0 Å². The molecule has 4 aliphatic carbocycles. The molecule has 0 saturated heterocycles. The highest BCUT2D eigenvalue weighted by molar-refractivity contribution is 5.89. The summed E-state index contributed by atoms with van der Waals surface area (Å²) in [4.78, 5) is 13.3.